The van der Waals surface area contributed by atoms with Crippen LogP contribution in [0.2, 0.25) is 0 Å². The van der Waals surface area contributed by atoms with Gasteiger partial charge in [-0.25, -0.2) is 0 Å². The summed E-state index contributed by atoms with van der Waals surface area (Å²) in [5.74, 6) is 0.654. The van der Waals surface area contributed by atoms with Gasteiger partial charge in [-0.1, -0.05) is 70.0 Å². The van der Waals surface area contributed by atoms with Gasteiger partial charge in [-0.2, -0.15) is 0 Å². The molecule has 0 bridgehead atoms. The minimum atomic E-state index is -0.539. The third kappa shape index (κ3) is 7.09. The number of carbonyl (C=O) groups excluding carboxylic acids is 2. The van der Waals surface area contributed by atoms with Gasteiger partial charge in [-0.15, -0.1) is 0 Å². The van der Waals surface area contributed by atoms with Crippen molar-refractivity contribution in [2.24, 2.45) is 0 Å². The summed E-state index contributed by atoms with van der Waals surface area (Å²) in [5, 5.41) is 3.16. The summed E-state index contributed by atoms with van der Waals surface area (Å²) in [6, 6.07) is 15.9. The molecule has 2 aromatic rings. The summed E-state index contributed by atoms with van der Waals surface area (Å²) in [7, 11) is 1.63. The largest absolute Gasteiger partial charge is 0.497 e. The Kier molecular flexibility index (Phi) is 8.76. The lowest BCUT2D eigenvalue weighted by Crippen LogP contribution is -2.49. The van der Waals surface area contributed by atoms with Crippen LogP contribution >= 0.6 is 0 Å². The van der Waals surface area contributed by atoms with E-state index in [1.165, 1.54) is 5.56 Å². The summed E-state index contributed by atoms with van der Waals surface area (Å²) in [5.41, 5.74) is 3.46. The molecule has 0 radical (unpaired) electrons. The van der Waals surface area contributed by atoms with Gasteiger partial charge in [0.1, 0.15) is 11.8 Å². The van der Waals surface area contributed by atoms with Crippen molar-refractivity contribution in [3.05, 3.63) is 65.2 Å². The van der Waals surface area contributed by atoms with Gasteiger partial charge in [-0.05, 0) is 60.4 Å². The Balaban J connectivity index is 1.71. The molecule has 1 aliphatic carbocycles. The van der Waals surface area contributed by atoms with Crippen molar-refractivity contribution >= 4 is 11.8 Å². The molecule has 0 aliphatic heterocycles. The molecule has 1 fully saturated rings. The number of methoxy groups -OCH3 is 1. The van der Waals surface area contributed by atoms with E-state index in [0.717, 1.165) is 42.6 Å². The number of amides is 2. The molecule has 1 unspecified atom stereocenters. The zero-order valence-electron chi connectivity index (χ0n) is 21.4. The first-order valence-corrected chi connectivity index (χ1v) is 12.5. The summed E-state index contributed by atoms with van der Waals surface area (Å²) >= 11 is 0. The quantitative estimate of drug-likeness (QED) is 0.540. The molecule has 0 saturated heterocycles. The van der Waals surface area contributed by atoms with E-state index in [-0.39, 0.29) is 23.3 Å². The lowest BCUT2D eigenvalue weighted by Gasteiger charge is -2.30. The van der Waals surface area contributed by atoms with Crippen molar-refractivity contribution in [2.75, 3.05) is 7.11 Å². The number of ether oxygens (including phenoxy) is 1. The molecule has 1 N–H and O–H groups in total. The second kappa shape index (κ2) is 11.5. The normalized spacial score (nSPS) is 15.1. The van der Waals surface area contributed by atoms with Crippen LogP contribution in [0.5, 0.6) is 5.75 Å². The van der Waals surface area contributed by atoms with Crippen LogP contribution in [-0.4, -0.2) is 35.9 Å². The Morgan fingerprint density at radius 2 is 1.74 bits per heavy atom. The fourth-order valence-electron chi connectivity index (χ4n) is 4.51. The van der Waals surface area contributed by atoms with Crippen molar-refractivity contribution in [3.8, 4) is 5.75 Å². The van der Waals surface area contributed by atoms with Crippen molar-refractivity contribution in [1.82, 2.24) is 10.2 Å². The smallest absolute Gasteiger partial charge is 0.242 e. The first kappa shape index (κ1) is 25.8. The van der Waals surface area contributed by atoms with E-state index in [9.17, 15) is 9.59 Å². The topological polar surface area (TPSA) is 58.6 Å². The minimum absolute atomic E-state index is 0.0169. The van der Waals surface area contributed by atoms with Crippen LogP contribution in [0.15, 0.2) is 48.5 Å². The average molecular weight is 465 g/mol. The first-order valence-electron chi connectivity index (χ1n) is 12.5. The van der Waals surface area contributed by atoms with Crippen LogP contribution in [-0.2, 0) is 28.0 Å². The highest BCUT2D eigenvalue weighted by molar-refractivity contribution is 5.87. The minimum Gasteiger partial charge on any atom is -0.497 e. The fraction of sp³-hybridized carbons (Fsp3) is 0.517. The van der Waals surface area contributed by atoms with Gasteiger partial charge in [-0.3, -0.25) is 9.59 Å². The lowest BCUT2D eigenvalue weighted by molar-refractivity contribution is -0.140. The van der Waals surface area contributed by atoms with Gasteiger partial charge in [0.15, 0.2) is 0 Å². The van der Waals surface area contributed by atoms with E-state index in [0.29, 0.717) is 19.4 Å². The van der Waals surface area contributed by atoms with Crippen LogP contribution in [0.3, 0.4) is 0 Å². The number of nitrogens with one attached hydrogen (secondary N) is 1. The number of hydrogen-bond acceptors (Lipinski definition) is 3. The molecule has 0 heterocycles. The van der Waals surface area contributed by atoms with Gasteiger partial charge in [0.05, 0.1) is 7.11 Å². The van der Waals surface area contributed by atoms with Crippen molar-refractivity contribution < 1.29 is 14.3 Å². The highest BCUT2D eigenvalue weighted by Crippen LogP contribution is 2.23. The molecule has 1 saturated carbocycles. The number of benzene rings is 2. The summed E-state index contributed by atoms with van der Waals surface area (Å²) in [4.78, 5) is 28.1. The van der Waals surface area contributed by atoms with E-state index in [1.807, 2.05) is 31.2 Å². The molecule has 0 spiro atoms. The molecular weight excluding hydrogens is 424 g/mol. The number of hydrogen-bond donors (Lipinski definition) is 1. The van der Waals surface area contributed by atoms with Gasteiger partial charge >= 0.3 is 0 Å². The Bertz CT molecular complexity index is 956. The van der Waals surface area contributed by atoms with E-state index in [4.69, 9.17) is 4.74 Å². The standard InChI is InChI=1S/C29H40N2O3/c1-21(28(33)30-25-10-6-7-11-25)31(20-23-9-8-12-26(19-23)34-5)27(32)18-15-22-13-16-24(17-14-22)29(2,3)4/h8-9,12-14,16-17,19,21,25H,6-7,10-11,15,18,20H2,1-5H3,(H,30,33). The molecule has 1 aliphatic rings. The summed E-state index contributed by atoms with van der Waals surface area (Å²) < 4.78 is 5.35. The second-order valence-electron chi connectivity index (χ2n) is 10.5. The molecule has 2 amide bonds. The highest BCUT2D eigenvalue weighted by Gasteiger charge is 2.28. The predicted molar refractivity (Wildman–Crippen MR) is 137 cm³/mol. The number of nitrogens with zero attached hydrogens (tertiary/aromatic N) is 1. The molecule has 5 heteroatoms. The predicted octanol–water partition coefficient (Wildman–Crippen LogP) is 5.40. The Morgan fingerprint density at radius 3 is 2.35 bits per heavy atom. The van der Waals surface area contributed by atoms with E-state index < -0.39 is 6.04 Å². The zero-order chi connectivity index (χ0) is 24.7. The Hall–Kier alpha value is -2.82. The Morgan fingerprint density at radius 1 is 1.06 bits per heavy atom. The monoisotopic (exact) mass is 464 g/mol. The lowest BCUT2D eigenvalue weighted by atomic mass is 9.86. The maximum absolute atomic E-state index is 13.4. The molecule has 0 aromatic heterocycles. The van der Waals surface area contributed by atoms with Crippen LogP contribution < -0.4 is 10.1 Å². The number of rotatable bonds is 9. The van der Waals surface area contributed by atoms with Crippen LogP contribution in [0.4, 0.5) is 0 Å². The van der Waals surface area contributed by atoms with E-state index >= 15 is 0 Å². The van der Waals surface area contributed by atoms with Crippen molar-refractivity contribution in [3.63, 3.8) is 0 Å². The van der Waals surface area contributed by atoms with Crippen LogP contribution in [0, 0.1) is 0 Å². The number of aryl methyl sites for hydroxylation is 1. The fourth-order valence-corrected chi connectivity index (χ4v) is 4.51. The molecule has 34 heavy (non-hydrogen) atoms. The first-order chi connectivity index (χ1) is 16.2. The van der Waals surface area contributed by atoms with E-state index in [1.54, 1.807) is 12.0 Å². The average Bonchev–Trinajstić information content (AvgIpc) is 3.33. The molecule has 2 aromatic carbocycles. The molecule has 184 valence electrons. The van der Waals surface area contributed by atoms with Gasteiger partial charge in [0.25, 0.3) is 0 Å². The van der Waals surface area contributed by atoms with E-state index in [2.05, 4.69) is 50.4 Å². The van der Waals surface area contributed by atoms with Gasteiger partial charge < -0.3 is 15.0 Å². The van der Waals surface area contributed by atoms with Gasteiger partial charge in [0, 0.05) is 19.0 Å². The Labute approximate surface area is 204 Å². The summed E-state index contributed by atoms with van der Waals surface area (Å²) in [6.45, 7) is 8.79. The molecule has 3 rings (SSSR count). The second-order valence-corrected chi connectivity index (χ2v) is 10.5. The third-order valence-electron chi connectivity index (χ3n) is 6.80. The van der Waals surface area contributed by atoms with Crippen molar-refractivity contribution in [2.45, 2.75) is 90.3 Å². The molecular formula is C29H40N2O3. The number of carbonyl (C=O) groups is 2. The highest BCUT2D eigenvalue weighted by atomic mass is 16.5. The van der Waals surface area contributed by atoms with Gasteiger partial charge in [0.2, 0.25) is 11.8 Å². The zero-order valence-corrected chi connectivity index (χ0v) is 21.4. The van der Waals surface area contributed by atoms with Crippen LogP contribution in [0.25, 0.3) is 0 Å². The van der Waals surface area contributed by atoms with Crippen LogP contribution in [0.1, 0.15) is 76.5 Å². The SMILES string of the molecule is COc1cccc(CN(C(=O)CCc2ccc(C(C)(C)C)cc2)C(C)C(=O)NC2CCCC2)c1. The van der Waals surface area contributed by atoms with Crippen molar-refractivity contribution in [1.29, 1.82) is 0 Å². The summed E-state index contributed by atoms with van der Waals surface area (Å²) in [6.07, 6.45) is 5.36. The molecule has 1 atom stereocenters. The molecule has 5 nitrogen and oxygen atoms in total. The maximum atomic E-state index is 13.4. The third-order valence-corrected chi connectivity index (χ3v) is 6.80. The maximum Gasteiger partial charge on any atom is 0.242 e.